The van der Waals surface area contributed by atoms with Gasteiger partial charge in [-0.2, -0.15) is 0 Å². The molecule has 20 heavy (non-hydrogen) atoms. The van der Waals surface area contributed by atoms with Gasteiger partial charge < -0.3 is 9.84 Å². The highest BCUT2D eigenvalue weighted by atomic mass is 19.1. The molecule has 2 nitrogen and oxygen atoms in total. The number of aliphatic hydroxyl groups is 1. The van der Waals surface area contributed by atoms with Gasteiger partial charge in [-0.05, 0) is 44.0 Å². The van der Waals surface area contributed by atoms with Crippen LogP contribution in [0.4, 0.5) is 4.39 Å². The first-order valence-electron chi connectivity index (χ1n) is 6.50. The van der Waals surface area contributed by atoms with Crippen molar-refractivity contribution < 1.29 is 14.2 Å². The summed E-state index contributed by atoms with van der Waals surface area (Å²) >= 11 is 0. The van der Waals surface area contributed by atoms with Gasteiger partial charge in [0, 0.05) is 11.6 Å². The maximum absolute atomic E-state index is 14.2. The number of aryl methyl sites for hydroxylation is 2. The van der Waals surface area contributed by atoms with Crippen LogP contribution in [0.3, 0.4) is 0 Å². The molecule has 2 aromatic rings. The molecule has 2 aromatic carbocycles. The lowest BCUT2D eigenvalue weighted by Gasteiger charge is -2.27. The Morgan fingerprint density at radius 1 is 1.05 bits per heavy atom. The first kappa shape index (κ1) is 14.5. The predicted octanol–water partition coefficient (Wildman–Crippen LogP) is 3.71. The van der Waals surface area contributed by atoms with Crippen molar-refractivity contribution in [3.63, 3.8) is 0 Å². The van der Waals surface area contributed by atoms with Crippen LogP contribution in [-0.4, -0.2) is 12.2 Å². The van der Waals surface area contributed by atoms with E-state index >= 15 is 0 Å². The molecule has 0 bridgehead atoms. The lowest BCUT2D eigenvalue weighted by molar-refractivity contribution is 0.0971. The number of ether oxygens (including phenoxy) is 1. The molecule has 1 atom stereocenters. The van der Waals surface area contributed by atoms with Crippen LogP contribution in [0.15, 0.2) is 36.4 Å². The van der Waals surface area contributed by atoms with Gasteiger partial charge in [0.25, 0.3) is 0 Å². The maximum Gasteiger partial charge on any atom is 0.133 e. The van der Waals surface area contributed by atoms with E-state index in [1.54, 1.807) is 19.1 Å². The molecule has 3 heteroatoms. The molecular weight excluding hydrogens is 255 g/mol. The smallest absolute Gasteiger partial charge is 0.133 e. The van der Waals surface area contributed by atoms with Crippen molar-refractivity contribution in [1.29, 1.82) is 0 Å². The summed E-state index contributed by atoms with van der Waals surface area (Å²) in [4.78, 5) is 0. The second kappa shape index (κ2) is 5.25. The Labute approximate surface area is 118 Å². The van der Waals surface area contributed by atoms with E-state index < -0.39 is 11.4 Å². The zero-order chi connectivity index (χ0) is 14.9. The molecule has 0 saturated heterocycles. The van der Waals surface area contributed by atoms with E-state index in [-0.39, 0.29) is 5.56 Å². The van der Waals surface area contributed by atoms with Gasteiger partial charge in [0.05, 0.1) is 7.11 Å². The number of rotatable bonds is 3. The molecule has 0 fully saturated rings. The highest BCUT2D eigenvalue weighted by Gasteiger charge is 2.30. The maximum atomic E-state index is 14.2. The van der Waals surface area contributed by atoms with Crippen molar-refractivity contribution >= 4 is 0 Å². The number of benzene rings is 2. The minimum Gasteiger partial charge on any atom is -0.497 e. The van der Waals surface area contributed by atoms with Crippen LogP contribution in [0.1, 0.15) is 29.2 Å². The van der Waals surface area contributed by atoms with E-state index in [1.807, 2.05) is 32.0 Å². The van der Waals surface area contributed by atoms with E-state index in [1.165, 1.54) is 13.2 Å². The fourth-order valence-corrected chi connectivity index (χ4v) is 2.42. The third-order valence-corrected chi connectivity index (χ3v) is 3.62. The Balaban J connectivity index is 2.57. The van der Waals surface area contributed by atoms with Crippen molar-refractivity contribution in [3.05, 3.63) is 64.5 Å². The second-order valence-electron chi connectivity index (χ2n) is 5.24. The van der Waals surface area contributed by atoms with Crippen LogP contribution < -0.4 is 4.74 Å². The average Bonchev–Trinajstić information content (AvgIpc) is 2.40. The molecule has 2 rings (SSSR count). The molecule has 106 valence electrons. The monoisotopic (exact) mass is 274 g/mol. The molecule has 0 spiro atoms. The van der Waals surface area contributed by atoms with E-state index in [0.29, 0.717) is 11.3 Å². The molecule has 0 aliphatic rings. The second-order valence-corrected chi connectivity index (χ2v) is 5.24. The van der Waals surface area contributed by atoms with Crippen molar-refractivity contribution in [2.75, 3.05) is 7.11 Å². The van der Waals surface area contributed by atoms with Crippen LogP contribution in [0.2, 0.25) is 0 Å². The summed E-state index contributed by atoms with van der Waals surface area (Å²) in [6.45, 7) is 5.47. The van der Waals surface area contributed by atoms with E-state index in [4.69, 9.17) is 4.74 Å². The molecule has 0 heterocycles. The van der Waals surface area contributed by atoms with Gasteiger partial charge >= 0.3 is 0 Å². The molecule has 1 unspecified atom stereocenters. The van der Waals surface area contributed by atoms with Gasteiger partial charge in [-0.25, -0.2) is 4.39 Å². The van der Waals surface area contributed by atoms with Crippen LogP contribution in [0.25, 0.3) is 0 Å². The summed E-state index contributed by atoms with van der Waals surface area (Å²) < 4.78 is 19.2. The van der Waals surface area contributed by atoms with Gasteiger partial charge in [-0.1, -0.05) is 23.8 Å². The van der Waals surface area contributed by atoms with Gasteiger partial charge in [0.2, 0.25) is 0 Å². The molecule has 0 aliphatic heterocycles. The molecule has 0 radical (unpaired) electrons. The number of halogens is 1. The first-order chi connectivity index (χ1) is 9.36. The van der Waals surface area contributed by atoms with Crippen molar-refractivity contribution in [2.45, 2.75) is 26.4 Å². The Kier molecular flexibility index (Phi) is 3.82. The Morgan fingerprint density at radius 3 is 2.35 bits per heavy atom. The largest absolute Gasteiger partial charge is 0.497 e. The summed E-state index contributed by atoms with van der Waals surface area (Å²) in [5.41, 5.74) is 1.52. The molecule has 0 aliphatic carbocycles. The van der Waals surface area contributed by atoms with Gasteiger partial charge in [0.1, 0.15) is 17.2 Å². The van der Waals surface area contributed by atoms with Crippen LogP contribution in [0, 0.1) is 19.7 Å². The van der Waals surface area contributed by atoms with Crippen LogP contribution >= 0.6 is 0 Å². The molecule has 1 N–H and O–H groups in total. The highest BCUT2D eigenvalue weighted by Crippen LogP contribution is 2.34. The number of hydrogen-bond acceptors (Lipinski definition) is 2. The van der Waals surface area contributed by atoms with Gasteiger partial charge in [-0.15, -0.1) is 0 Å². The summed E-state index contributed by atoms with van der Waals surface area (Å²) in [7, 11) is 1.48. The minimum atomic E-state index is -1.38. The van der Waals surface area contributed by atoms with E-state index in [0.717, 1.165) is 11.1 Å². The first-order valence-corrected chi connectivity index (χ1v) is 6.50. The third kappa shape index (κ3) is 2.54. The van der Waals surface area contributed by atoms with E-state index in [9.17, 15) is 9.50 Å². The fraction of sp³-hybridized carbons (Fsp3) is 0.294. The molecular formula is C17H19FO2. The van der Waals surface area contributed by atoms with Crippen LogP contribution in [0.5, 0.6) is 5.75 Å². The standard InChI is InChI=1S/C17H19FO2/c1-11-5-6-12(2)15(9-11)17(3,19)14-8-7-13(20-4)10-16(14)18/h5-10,19H,1-4H3. The van der Waals surface area contributed by atoms with Crippen LogP contribution in [-0.2, 0) is 5.60 Å². The van der Waals surface area contributed by atoms with E-state index in [2.05, 4.69) is 0 Å². The Hall–Kier alpha value is -1.87. The summed E-state index contributed by atoms with van der Waals surface area (Å²) in [6, 6.07) is 10.3. The fourth-order valence-electron chi connectivity index (χ4n) is 2.42. The topological polar surface area (TPSA) is 29.5 Å². The number of hydrogen-bond donors (Lipinski definition) is 1. The third-order valence-electron chi connectivity index (χ3n) is 3.62. The average molecular weight is 274 g/mol. The highest BCUT2D eigenvalue weighted by molar-refractivity contribution is 5.43. The van der Waals surface area contributed by atoms with Crippen molar-refractivity contribution in [2.24, 2.45) is 0 Å². The van der Waals surface area contributed by atoms with Crippen molar-refractivity contribution in [1.82, 2.24) is 0 Å². The Morgan fingerprint density at radius 2 is 1.75 bits per heavy atom. The summed E-state index contributed by atoms with van der Waals surface area (Å²) in [5, 5.41) is 10.8. The predicted molar refractivity (Wildman–Crippen MR) is 77.5 cm³/mol. The molecule has 0 amide bonds. The lowest BCUT2D eigenvalue weighted by Crippen LogP contribution is -2.25. The van der Waals surface area contributed by atoms with Gasteiger partial charge in [-0.3, -0.25) is 0 Å². The summed E-state index contributed by atoms with van der Waals surface area (Å²) in [5.74, 6) is -0.0433. The molecule has 0 saturated carbocycles. The van der Waals surface area contributed by atoms with Crippen molar-refractivity contribution in [3.8, 4) is 5.75 Å². The minimum absolute atomic E-state index is 0.243. The van der Waals surface area contributed by atoms with Gasteiger partial charge in [0.15, 0.2) is 0 Å². The summed E-state index contributed by atoms with van der Waals surface area (Å²) in [6.07, 6.45) is 0. The molecule has 0 aromatic heterocycles. The SMILES string of the molecule is COc1ccc(C(C)(O)c2cc(C)ccc2C)c(F)c1. The lowest BCUT2D eigenvalue weighted by atomic mass is 9.84. The number of methoxy groups -OCH3 is 1. The Bertz CT molecular complexity index is 633. The zero-order valence-corrected chi connectivity index (χ0v) is 12.2. The zero-order valence-electron chi connectivity index (χ0n) is 12.2. The quantitative estimate of drug-likeness (QED) is 0.924. The normalized spacial score (nSPS) is 13.9.